The van der Waals surface area contributed by atoms with Crippen LogP contribution in [0.2, 0.25) is 0 Å². The van der Waals surface area contributed by atoms with Crippen LogP contribution in [-0.4, -0.2) is 54.7 Å². The molecule has 0 aliphatic heterocycles. The topological polar surface area (TPSA) is 61.9 Å². The van der Waals surface area contributed by atoms with E-state index in [0.717, 1.165) is 5.56 Å². The summed E-state index contributed by atoms with van der Waals surface area (Å²) in [6, 6.07) is 8.93. The van der Waals surface area contributed by atoms with Crippen molar-refractivity contribution in [2.75, 3.05) is 21.1 Å². The zero-order valence-electron chi connectivity index (χ0n) is 14.8. The predicted octanol–water partition coefficient (Wildman–Crippen LogP) is 2.06. The Hall–Kier alpha value is -2.08. The summed E-state index contributed by atoms with van der Waals surface area (Å²) >= 11 is 0. The first-order valence-corrected chi connectivity index (χ1v) is 7.57. The molecule has 6 heteroatoms. The second-order valence-corrected chi connectivity index (χ2v) is 6.67. The van der Waals surface area contributed by atoms with Crippen molar-refractivity contribution in [2.24, 2.45) is 0 Å². The van der Waals surface area contributed by atoms with E-state index in [2.05, 4.69) is 5.43 Å². The second-order valence-electron chi connectivity index (χ2n) is 6.67. The quantitative estimate of drug-likeness (QED) is 0.843. The summed E-state index contributed by atoms with van der Waals surface area (Å²) in [4.78, 5) is 26.1. The van der Waals surface area contributed by atoms with Crippen molar-refractivity contribution in [3.05, 3.63) is 35.9 Å². The van der Waals surface area contributed by atoms with Gasteiger partial charge in [0.25, 0.3) is 5.91 Å². The second kappa shape index (κ2) is 7.97. The monoisotopic (exact) mass is 321 g/mol. The van der Waals surface area contributed by atoms with Crippen LogP contribution in [-0.2, 0) is 16.0 Å². The standard InChI is InChI=1S/C17H27N3O3/c1-17(2,3)23-16(22)20(6)14(15(21)18-19(4)5)12-13-10-8-7-9-11-13/h7-11,14H,12H2,1-6H3,(H,18,21)/t14-/m1/s1. The fourth-order valence-corrected chi connectivity index (χ4v) is 2.00. The van der Waals surface area contributed by atoms with Crippen molar-refractivity contribution in [1.29, 1.82) is 0 Å². The summed E-state index contributed by atoms with van der Waals surface area (Å²) in [6.45, 7) is 5.39. The largest absolute Gasteiger partial charge is 0.444 e. The molecule has 0 fully saturated rings. The van der Waals surface area contributed by atoms with Crippen LogP contribution in [0.5, 0.6) is 0 Å². The van der Waals surface area contributed by atoms with Crippen molar-refractivity contribution in [3.8, 4) is 0 Å². The molecule has 1 atom stereocenters. The Morgan fingerprint density at radius 1 is 1.13 bits per heavy atom. The summed E-state index contributed by atoms with van der Waals surface area (Å²) in [5.74, 6) is -0.257. The highest BCUT2D eigenvalue weighted by Gasteiger charge is 2.30. The third-order valence-electron chi connectivity index (χ3n) is 3.06. The SMILES string of the molecule is CN(C)NC(=O)[C@@H](Cc1ccccc1)N(C)C(=O)OC(C)(C)C. The molecule has 1 N–H and O–H groups in total. The molecule has 128 valence electrons. The third kappa shape index (κ3) is 6.69. The number of benzene rings is 1. The lowest BCUT2D eigenvalue weighted by Crippen LogP contribution is -2.52. The van der Waals surface area contributed by atoms with Gasteiger partial charge in [-0.05, 0) is 26.3 Å². The summed E-state index contributed by atoms with van der Waals surface area (Å²) in [7, 11) is 5.03. The van der Waals surface area contributed by atoms with Gasteiger partial charge in [0.2, 0.25) is 0 Å². The van der Waals surface area contributed by atoms with Gasteiger partial charge in [-0.25, -0.2) is 9.80 Å². The van der Waals surface area contributed by atoms with E-state index >= 15 is 0 Å². The van der Waals surface area contributed by atoms with Crippen LogP contribution in [0.4, 0.5) is 4.79 Å². The molecule has 1 aromatic rings. The maximum atomic E-state index is 12.5. The van der Waals surface area contributed by atoms with Gasteiger partial charge in [-0.1, -0.05) is 30.3 Å². The average Bonchev–Trinajstić information content (AvgIpc) is 2.42. The number of hydrazine groups is 1. The molecule has 0 saturated heterocycles. The smallest absolute Gasteiger partial charge is 0.410 e. The van der Waals surface area contributed by atoms with E-state index < -0.39 is 17.7 Å². The van der Waals surface area contributed by atoms with Crippen LogP contribution in [0.3, 0.4) is 0 Å². The molecule has 0 heterocycles. The van der Waals surface area contributed by atoms with E-state index in [9.17, 15) is 9.59 Å². The summed E-state index contributed by atoms with van der Waals surface area (Å²) in [5, 5.41) is 1.56. The van der Waals surface area contributed by atoms with Gasteiger partial charge >= 0.3 is 6.09 Å². The maximum absolute atomic E-state index is 12.5. The molecule has 0 saturated carbocycles. The minimum atomic E-state index is -0.658. The van der Waals surface area contributed by atoms with Gasteiger partial charge in [0, 0.05) is 27.6 Å². The number of ether oxygens (including phenoxy) is 1. The van der Waals surface area contributed by atoms with Gasteiger partial charge in [-0.15, -0.1) is 0 Å². The van der Waals surface area contributed by atoms with Crippen molar-refractivity contribution in [2.45, 2.75) is 38.8 Å². The molecule has 0 bridgehead atoms. The fourth-order valence-electron chi connectivity index (χ4n) is 2.00. The molecule has 0 aliphatic rings. The normalized spacial score (nSPS) is 12.7. The first-order chi connectivity index (χ1) is 10.6. The summed E-state index contributed by atoms with van der Waals surface area (Å²) < 4.78 is 5.37. The van der Waals surface area contributed by atoms with E-state index in [-0.39, 0.29) is 5.91 Å². The lowest BCUT2D eigenvalue weighted by molar-refractivity contribution is -0.129. The number of hydrogen-bond acceptors (Lipinski definition) is 4. The zero-order valence-corrected chi connectivity index (χ0v) is 14.8. The Labute approximate surface area is 138 Å². The number of nitrogens with zero attached hydrogens (tertiary/aromatic N) is 2. The maximum Gasteiger partial charge on any atom is 0.410 e. The average molecular weight is 321 g/mol. The minimum absolute atomic E-state index is 0.257. The highest BCUT2D eigenvalue weighted by Crippen LogP contribution is 2.14. The number of hydrogen-bond donors (Lipinski definition) is 1. The minimum Gasteiger partial charge on any atom is -0.444 e. The fraction of sp³-hybridized carbons (Fsp3) is 0.529. The lowest BCUT2D eigenvalue weighted by Gasteiger charge is -2.30. The number of carbonyl (C=O) groups excluding carboxylic acids is 2. The first kappa shape index (κ1) is 19.0. The molecule has 2 amide bonds. The van der Waals surface area contributed by atoms with Gasteiger partial charge in [-0.3, -0.25) is 15.1 Å². The van der Waals surface area contributed by atoms with Crippen LogP contribution in [0.1, 0.15) is 26.3 Å². The van der Waals surface area contributed by atoms with Gasteiger partial charge in [0.05, 0.1) is 0 Å². The highest BCUT2D eigenvalue weighted by molar-refractivity contribution is 5.85. The van der Waals surface area contributed by atoms with Gasteiger partial charge in [0.15, 0.2) is 0 Å². The molecular weight excluding hydrogens is 294 g/mol. The lowest BCUT2D eigenvalue weighted by atomic mass is 10.0. The Morgan fingerprint density at radius 2 is 1.70 bits per heavy atom. The van der Waals surface area contributed by atoms with E-state index in [0.29, 0.717) is 6.42 Å². The summed E-state index contributed by atoms with van der Waals surface area (Å²) in [5.41, 5.74) is 3.07. The zero-order chi connectivity index (χ0) is 17.6. The van der Waals surface area contributed by atoms with Crippen molar-refractivity contribution in [3.63, 3.8) is 0 Å². The Morgan fingerprint density at radius 3 is 2.17 bits per heavy atom. The number of nitrogens with one attached hydrogen (secondary N) is 1. The van der Waals surface area contributed by atoms with Crippen LogP contribution in [0.15, 0.2) is 30.3 Å². The molecule has 0 radical (unpaired) electrons. The van der Waals surface area contributed by atoms with Crippen LogP contribution < -0.4 is 5.43 Å². The highest BCUT2D eigenvalue weighted by atomic mass is 16.6. The van der Waals surface area contributed by atoms with Crippen molar-refractivity contribution < 1.29 is 14.3 Å². The molecule has 0 spiro atoms. The molecule has 1 aromatic carbocycles. The molecule has 1 rings (SSSR count). The molecule has 23 heavy (non-hydrogen) atoms. The van der Waals surface area contributed by atoms with Crippen LogP contribution in [0, 0.1) is 0 Å². The Balaban J connectivity index is 2.93. The Bertz CT molecular complexity index is 524. The van der Waals surface area contributed by atoms with E-state index in [4.69, 9.17) is 4.74 Å². The van der Waals surface area contributed by atoms with E-state index in [1.165, 1.54) is 4.90 Å². The third-order valence-corrected chi connectivity index (χ3v) is 3.06. The molecular formula is C17H27N3O3. The predicted molar refractivity (Wildman–Crippen MR) is 89.8 cm³/mol. The van der Waals surface area contributed by atoms with Crippen LogP contribution >= 0.6 is 0 Å². The molecule has 0 unspecified atom stereocenters. The number of likely N-dealkylation sites (N-methyl/N-ethyl adjacent to an activating group) is 1. The number of amides is 2. The van der Waals surface area contributed by atoms with E-state index in [1.54, 1.807) is 46.9 Å². The summed E-state index contributed by atoms with van der Waals surface area (Å²) in [6.07, 6.45) is -0.108. The first-order valence-electron chi connectivity index (χ1n) is 7.57. The molecule has 0 aromatic heterocycles. The van der Waals surface area contributed by atoms with Gasteiger partial charge in [0.1, 0.15) is 11.6 Å². The van der Waals surface area contributed by atoms with Crippen molar-refractivity contribution >= 4 is 12.0 Å². The van der Waals surface area contributed by atoms with Gasteiger partial charge < -0.3 is 4.74 Å². The Kier molecular flexibility index (Phi) is 6.57. The van der Waals surface area contributed by atoms with Gasteiger partial charge in [-0.2, -0.15) is 0 Å². The molecule has 0 aliphatic carbocycles. The van der Waals surface area contributed by atoms with Crippen molar-refractivity contribution in [1.82, 2.24) is 15.3 Å². The van der Waals surface area contributed by atoms with Crippen LogP contribution in [0.25, 0.3) is 0 Å². The van der Waals surface area contributed by atoms with E-state index in [1.807, 2.05) is 30.3 Å². The molecule has 6 nitrogen and oxygen atoms in total. The number of carbonyl (C=O) groups is 2. The number of rotatable bonds is 5.